The van der Waals surface area contributed by atoms with Crippen LogP contribution in [-0.4, -0.2) is 37.5 Å². The third kappa shape index (κ3) is 8.02. The number of halogens is 7. The van der Waals surface area contributed by atoms with Crippen molar-refractivity contribution in [3.8, 4) is 5.75 Å². The summed E-state index contributed by atoms with van der Waals surface area (Å²) in [6.45, 7) is 8.13. The molecule has 1 atom stereocenters. The van der Waals surface area contributed by atoms with Gasteiger partial charge in [-0.3, -0.25) is 0 Å². The highest BCUT2D eigenvalue weighted by molar-refractivity contribution is 6.68. The Hall–Kier alpha value is -2.04. The molecule has 1 heterocycles. The van der Waals surface area contributed by atoms with Gasteiger partial charge in [0.05, 0.1) is 0 Å². The number of rotatable bonds is 6. The van der Waals surface area contributed by atoms with Crippen molar-refractivity contribution in [2.24, 2.45) is 4.99 Å². The van der Waals surface area contributed by atoms with Gasteiger partial charge in [0.2, 0.25) is 0 Å². The van der Waals surface area contributed by atoms with Crippen LogP contribution in [-0.2, 0) is 15.1 Å². The van der Waals surface area contributed by atoms with Gasteiger partial charge in [-0.25, -0.2) is 4.99 Å². The fourth-order valence-corrected chi connectivity index (χ4v) is 2.89. The number of aryl methyl sites for hydroxylation is 1. The third-order valence-electron chi connectivity index (χ3n) is 4.17. The van der Waals surface area contributed by atoms with E-state index in [4.69, 9.17) is 16.3 Å². The molecule has 0 radical (unpaired) electrons. The Kier molecular flexibility index (Phi) is 13.5. The van der Waals surface area contributed by atoms with E-state index in [-0.39, 0.29) is 16.5 Å². The molecule has 4 nitrogen and oxygen atoms in total. The fraction of sp³-hybridized carbons (Fsp3) is 0.522. The molecule has 0 spiro atoms. The number of allylic oxidation sites excluding steroid dienone is 1. The Morgan fingerprint density at radius 2 is 1.62 bits per heavy atom. The van der Waals surface area contributed by atoms with E-state index in [1.54, 1.807) is 12.2 Å². The van der Waals surface area contributed by atoms with Crippen LogP contribution >= 0.6 is 11.6 Å². The van der Waals surface area contributed by atoms with Crippen LogP contribution in [0.5, 0.6) is 5.75 Å². The molecular weight excluding hydrogens is 488 g/mol. The highest BCUT2D eigenvalue weighted by Crippen LogP contribution is 2.53. The van der Waals surface area contributed by atoms with Crippen LogP contribution in [0.1, 0.15) is 45.2 Å². The summed E-state index contributed by atoms with van der Waals surface area (Å²) in [7, 11) is 0.924. The SMILES string of the molecule is CC.CC.COCOC(c1ccc(OC2C=CC(Cl)=NC=CC2)c(C)c1)(C(F)(F)F)C(F)(F)F. The lowest BCUT2D eigenvalue weighted by molar-refractivity contribution is -0.400. The minimum Gasteiger partial charge on any atom is -0.486 e. The molecule has 0 aromatic heterocycles. The van der Waals surface area contributed by atoms with E-state index in [1.807, 2.05) is 27.7 Å². The van der Waals surface area contributed by atoms with E-state index < -0.39 is 36.4 Å². The van der Waals surface area contributed by atoms with E-state index in [9.17, 15) is 26.3 Å². The smallest absolute Gasteiger partial charge is 0.430 e. The number of hydrogen-bond acceptors (Lipinski definition) is 4. The lowest BCUT2D eigenvalue weighted by atomic mass is 9.90. The zero-order chi connectivity index (χ0) is 26.6. The lowest BCUT2D eigenvalue weighted by Gasteiger charge is -2.37. The van der Waals surface area contributed by atoms with Crippen LogP contribution in [0.15, 0.2) is 47.6 Å². The van der Waals surface area contributed by atoms with Gasteiger partial charge in [0.25, 0.3) is 5.60 Å². The van der Waals surface area contributed by atoms with Crippen molar-refractivity contribution in [3.63, 3.8) is 0 Å². The van der Waals surface area contributed by atoms with E-state index in [0.29, 0.717) is 12.5 Å². The first-order chi connectivity index (χ1) is 15.9. The Bertz CT molecular complexity index is 821. The average Bonchev–Trinajstić information content (AvgIpc) is 2.76. The summed E-state index contributed by atoms with van der Waals surface area (Å²) in [5, 5.41) is 0.196. The van der Waals surface area contributed by atoms with Gasteiger partial charge < -0.3 is 14.2 Å². The summed E-state index contributed by atoms with van der Waals surface area (Å²) in [6.07, 6.45) is -5.56. The monoisotopic (exact) mass is 517 g/mol. The zero-order valence-electron chi connectivity index (χ0n) is 19.9. The van der Waals surface area contributed by atoms with Crippen LogP contribution < -0.4 is 4.74 Å². The summed E-state index contributed by atoms with van der Waals surface area (Å²) in [5.41, 5.74) is -5.62. The Labute approximate surface area is 201 Å². The van der Waals surface area contributed by atoms with Gasteiger partial charge in [0, 0.05) is 25.3 Å². The number of nitrogens with zero attached hydrogens (tertiary/aromatic N) is 1. The van der Waals surface area contributed by atoms with Crippen LogP contribution in [0.2, 0.25) is 0 Å². The summed E-state index contributed by atoms with van der Waals surface area (Å²) >= 11 is 5.81. The number of methoxy groups -OCH3 is 1. The van der Waals surface area contributed by atoms with Crippen molar-refractivity contribution in [2.45, 2.75) is 65.1 Å². The number of hydrogen-bond donors (Lipinski definition) is 0. The molecule has 1 aromatic rings. The lowest BCUT2D eigenvalue weighted by Crippen LogP contribution is -2.56. The van der Waals surface area contributed by atoms with Gasteiger partial charge in [-0.2, -0.15) is 26.3 Å². The first-order valence-corrected chi connectivity index (χ1v) is 10.9. The molecule has 11 heteroatoms. The number of aliphatic imine (C=N–C) groups is 1. The molecule has 1 aliphatic rings. The predicted molar refractivity (Wildman–Crippen MR) is 121 cm³/mol. The quantitative estimate of drug-likeness (QED) is 0.285. The van der Waals surface area contributed by atoms with Crippen LogP contribution in [0.25, 0.3) is 0 Å². The largest absolute Gasteiger partial charge is 0.486 e. The Balaban J connectivity index is 0.00000258. The first kappa shape index (κ1) is 32.0. The van der Waals surface area contributed by atoms with E-state index in [0.717, 1.165) is 19.2 Å². The molecule has 194 valence electrons. The summed E-state index contributed by atoms with van der Waals surface area (Å²) in [4.78, 5) is 3.87. The maximum atomic E-state index is 13.6. The fourth-order valence-electron chi connectivity index (χ4n) is 2.76. The van der Waals surface area contributed by atoms with Gasteiger partial charge in [-0.15, -0.1) is 0 Å². The molecule has 0 amide bonds. The van der Waals surface area contributed by atoms with Gasteiger partial charge in [0.1, 0.15) is 23.8 Å². The number of alkyl halides is 6. The van der Waals surface area contributed by atoms with Gasteiger partial charge in [0.15, 0.2) is 0 Å². The zero-order valence-corrected chi connectivity index (χ0v) is 20.6. The molecule has 0 saturated carbocycles. The Morgan fingerprint density at radius 1 is 1.03 bits per heavy atom. The molecule has 0 N–H and O–H groups in total. The molecule has 34 heavy (non-hydrogen) atoms. The second kappa shape index (κ2) is 14.4. The number of benzene rings is 1. The van der Waals surface area contributed by atoms with Gasteiger partial charge in [-0.05, 0) is 36.8 Å². The highest BCUT2D eigenvalue weighted by Gasteiger charge is 2.73. The first-order valence-electron chi connectivity index (χ1n) is 10.5. The normalized spacial score (nSPS) is 16.3. The summed E-state index contributed by atoms with van der Waals surface area (Å²) < 4.78 is 96.0. The van der Waals surface area contributed by atoms with Crippen molar-refractivity contribution in [1.29, 1.82) is 0 Å². The minimum absolute atomic E-state index is 0.0607. The molecule has 0 saturated heterocycles. The average molecular weight is 518 g/mol. The topological polar surface area (TPSA) is 40.0 Å². The maximum Gasteiger partial charge on any atom is 0.430 e. The second-order valence-electron chi connectivity index (χ2n) is 6.30. The van der Waals surface area contributed by atoms with Crippen LogP contribution in [0.4, 0.5) is 26.3 Å². The second-order valence-corrected chi connectivity index (χ2v) is 6.68. The van der Waals surface area contributed by atoms with Crippen molar-refractivity contribution in [2.75, 3.05) is 13.9 Å². The summed E-state index contributed by atoms with van der Waals surface area (Å²) in [5.74, 6) is 0.112. The van der Waals surface area contributed by atoms with E-state index >= 15 is 0 Å². The number of ether oxygens (including phenoxy) is 3. The van der Waals surface area contributed by atoms with Gasteiger partial charge in [-0.1, -0.05) is 51.4 Å². The maximum absolute atomic E-state index is 13.6. The standard InChI is InChI=1S/C19H18ClF6NO3.2C2H6/c1-12-10-13(17(18(21,22)23,19(24,25)26)29-11-28-2)5-7-15(12)30-14-4-3-9-27-16(20)8-6-14;2*1-2/h3,5-10,14H,4,11H2,1-2H3;2*1-2H3. The molecule has 2 rings (SSSR count). The van der Waals surface area contributed by atoms with Crippen molar-refractivity contribution < 1.29 is 40.6 Å². The molecule has 0 aliphatic carbocycles. The van der Waals surface area contributed by atoms with Crippen molar-refractivity contribution in [3.05, 3.63) is 53.8 Å². The van der Waals surface area contributed by atoms with E-state index in [1.165, 1.54) is 19.2 Å². The molecule has 1 unspecified atom stereocenters. The molecule has 0 bridgehead atoms. The van der Waals surface area contributed by atoms with Crippen molar-refractivity contribution >= 4 is 16.8 Å². The van der Waals surface area contributed by atoms with Crippen molar-refractivity contribution in [1.82, 2.24) is 0 Å². The molecular formula is C23H30ClF6NO3. The summed E-state index contributed by atoms with van der Waals surface area (Å²) in [6, 6.07) is 2.46. The Morgan fingerprint density at radius 3 is 2.12 bits per heavy atom. The minimum atomic E-state index is -5.79. The molecule has 1 aliphatic heterocycles. The van der Waals surface area contributed by atoms with Crippen LogP contribution in [0, 0.1) is 6.92 Å². The molecule has 1 aromatic carbocycles. The van der Waals surface area contributed by atoms with Crippen LogP contribution in [0.3, 0.4) is 0 Å². The molecule has 0 fully saturated rings. The third-order valence-corrected chi connectivity index (χ3v) is 4.40. The van der Waals surface area contributed by atoms with Gasteiger partial charge >= 0.3 is 12.4 Å². The predicted octanol–water partition coefficient (Wildman–Crippen LogP) is 7.85. The van der Waals surface area contributed by atoms with E-state index in [2.05, 4.69) is 14.5 Å². The highest BCUT2D eigenvalue weighted by atomic mass is 35.5.